The molecule has 0 unspecified atom stereocenters. The van der Waals surface area contributed by atoms with Crippen LogP contribution in [0.1, 0.15) is 13.3 Å². The third kappa shape index (κ3) is 3.42. The molecule has 5 heteroatoms. The minimum absolute atomic E-state index is 0.0893. The van der Waals surface area contributed by atoms with Gasteiger partial charge in [-0.2, -0.15) is 0 Å². The number of ketones is 1. The van der Waals surface area contributed by atoms with E-state index in [1.54, 1.807) is 32.3 Å². The van der Waals surface area contributed by atoms with Gasteiger partial charge < -0.3 is 15.5 Å². The smallest absolute Gasteiger partial charge is 0.206 e. The summed E-state index contributed by atoms with van der Waals surface area (Å²) in [5, 5.41) is 5.91. The Bertz CT molecular complexity index is 621. The van der Waals surface area contributed by atoms with Crippen LogP contribution in [0.3, 0.4) is 0 Å². The summed E-state index contributed by atoms with van der Waals surface area (Å²) in [5.41, 5.74) is 3.10. The van der Waals surface area contributed by atoms with E-state index >= 15 is 0 Å². The molecule has 2 aliphatic rings. The molecule has 2 rings (SSSR count). The first-order chi connectivity index (χ1) is 9.90. The molecule has 112 valence electrons. The van der Waals surface area contributed by atoms with Crippen LogP contribution in [0.2, 0.25) is 0 Å². The van der Waals surface area contributed by atoms with Gasteiger partial charge in [0.1, 0.15) is 5.83 Å². The minimum atomic E-state index is -0.324. The molecular formula is C16H20FN3O. The number of carbonyl (C=O) groups excluding carboxylic acids is 1. The molecule has 0 aromatic carbocycles. The molecule has 0 spiro atoms. The van der Waals surface area contributed by atoms with Crippen LogP contribution in [-0.4, -0.2) is 31.8 Å². The molecule has 0 fully saturated rings. The predicted octanol–water partition coefficient (Wildman–Crippen LogP) is 2.12. The standard InChI is InChI=1S/C16H20FN3O/c1-10(9-20(3)4)16(21)15-7-11-5-12(19-15)8-14(18-2)13(17)6-11/h6-9,18-19H,5H2,1-4H3/b10-9+. The molecule has 1 aliphatic heterocycles. The van der Waals surface area contributed by atoms with Gasteiger partial charge in [-0.05, 0) is 30.7 Å². The van der Waals surface area contributed by atoms with Crippen molar-refractivity contribution in [1.29, 1.82) is 0 Å². The van der Waals surface area contributed by atoms with Gasteiger partial charge in [-0.3, -0.25) is 4.79 Å². The normalized spacial score (nSPS) is 18.1. The molecule has 0 aromatic heterocycles. The highest BCUT2D eigenvalue weighted by Crippen LogP contribution is 2.27. The first-order valence-electron chi connectivity index (χ1n) is 6.77. The fourth-order valence-corrected chi connectivity index (χ4v) is 2.35. The number of hydrogen-bond acceptors (Lipinski definition) is 4. The number of nitrogens with zero attached hydrogens (tertiary/aromatic N) is 1. The van der Waals surface area contributed by atoms with Crippen LogP contribution in [-0.2, 0) is 4.79 Å². The van der Waals surface area contributed by atoms with E-state index in [0.29, 0.717) is 23.4 Å². The van der Waals surface area contributed by atoms with Gasteiger partial charge in [0.2, 0.25) is 5.78 Å². The van der Waals surface area contributed by atoms with Crippen molar-refractivity contribution in [1.82, 2.24) is 15.5 Å². The van der Waals surface area contributed by atoms with Crippen molar-refractivity contribution in [3.63, 3.8) is 0 Å². The van der Waals surface area contributed by atoms with Gasteiger partial charge in [0.15, 0.2) is 0 Å². The Morgan fingerprint density at radius 3 is 2.71 bits per heavy atom. The van der Waals surface area contributed by atoms with E-state index < -0.39 is 0 Å². The Balaban J connectivity index is 2.33. The third-order valence-electron chi connectivity index (χ3n) is 3.23. The van der Waals surface area contributed by atoms with Crippen LogP contribution in [0.15, 0.2) is 58.5 Å². The average Bonchev–Trinajstić information content (AvgIpc) is 2.52. The number of Topliss-reactive ketones (excluding diaryl/α,β-unsaturated/α-hetero) is 1. The number of halogens is 1. The molecule has 0 amide bonds. The maximum atomic E-state index is 13.9. The summed E-state index contributed by atoms with van der Waals surface area (Å²) in [7, 11) is 5.40. The highest BCUT2D eigenvalue weighted by atomic mass is 19.1. The first-order valence-corrected chi connectivity index (χ1v) is 6.77. The van der Waals surface area contributed by atoms with Gasteiger partial charge in [-0.15, -0.1) is 0 Å². The molecule has 4 nitrogen and oxygen atoms in total. The zero-order chi connectivity index (χ0) is 15.6. The Labute approximate surface area is 124 Å². The number of nitrogens with one attached hydrogen (secondary N) is 2. The van der Waals surface area contributed by atoms with E-state index in [4.69, 9.17) is 0 Å². The van der Waals surface area contributed by atoms with E-state index in [1.807, 2.05) is 19.0 Å². The number of hydrogen-bond donors (Lipinski definition) is 2. The molecule has 0 saturated carbocycles. The average molecular weight is 289 g/mol. The number of carbonyl (C=O) groups is 1. The van der Waals surface area contributed by atoms with Crippen LogP contribution in [0.25, 0.3) is 0 Å². The fraction of sp³-hybridized carbons (Fsp3) is 0.312. The maximum Gasteiger partial charge on any atom is 0.206 e. The summed E-state index contributed by atoms with van der Waals surface area (Å²) in [6.45, 7) is 1.77. The van der Waals surface area contributed by atoms with E-state index in [0.717, 1.165) is 11.3 Å². The van der Waals surface area contributed by atoms with Gasteiger partial charge in [0.25, 0.3) is 0 Å². The van der Waals surface area contributed by atoms with Gasteiger partial charge in [-0.25, -0.2) is 4.39 Å². The molecule has 1 aliphatic carbocycles. The number of allylic oxidation sites excluding steroid dienone is 6. The molecule has 0 atom stereocenters. The molecule has 1 heterocycles. The molecule has 0 aromatic rings. The van der Waals surface area contributed by atoms with E-state index in [9.17, 15) is 9.18 Å². The minimum Gasteiger partial charge on any atom is -0.386 e. The summed E-state index contributed by atoms with van der Waals surface area (Å²) in [6.07, 6.45) is 7.24. The lowest BCUT2D eigenvalue weighted by molar-refractivity contribution is -0.112. The molecule has 2 N–H and O–H groups in total. The monoisotopic (exact) mass is 289 g/mol. The highest BCUT2D eigenvalue weighted by Gasteiger charge is 2.21. The second-order valence-corrected chi connectivity index (χ2v) is 5.37. The van der Waals surface area contributed by atoms with Gasteiger partial charge in [0, 0.05) is 45.0 Å². The van der Waals surface area contributed by atoms with Crippen LogP contribution in [0.4, 0.5) is 4.39 Å². The number of likely N-dealkylation sites (N-methyl/N-ethyl adjacent to an activating group) is 1. The Hall–Kier alpha value is -2.30. The third-order valence-corrected chi connectivity index (χ3v) is 3.23. The summed E-state index contributed by atoms with van der Waals surface area (Å²) in [5.74, 6) is -0.414. The predicted molar refractivity (Wildman–Crippen MR) is 81.6 cm³/mol. The summed E-state index contributed by atoms with van der Waals surface area (Å²) in [4.78, 5) is 14.2. The van der Waals surface area contributed by atoms with Gasteiger partial charge >= 0.3 is 0 Å². The topological polar surface area (TPSA) is 44.4 Å². The maximum absolute atomic E-state index is 13.9. The van der Waals surface area contributed by atoms with Crippen LogP contribution in [0.5, 0.6) is 0 Å². The molecule has 0 radical (unpaired) electrons. The van der Waals surface area contributed by atoms with Crippen molar-refractivity contribution < 1.29 is 9.18 Å². The van der Waals surface area contributed by atoms with Crippen molar-refractivity contribution in [2.75, 3.05) is 21.1 Å². The Kier molecular flexibility index (Phi) is 4.31. The van der Waals surface area contributed by atoms with Crippen LogP contribution in [0, 0.1) is 0 Å². The lowest BCUT2D eigenvalue weighted by Gasteiger charge is -2.20. The molecule has 21 heavy (non-hydrogen) atoms. The van der Waals surface area contributed by atoms with E-state index in [2.05, 4.69) is 10.6 Å². The first kappa shape index (κ1) is 15.1. The van der Waals surface area contributed by atoms with Crippen molar-refractivity contribution in [3.05, 3.63) is 58.5 Å². The van der Waals surface area contributed by atoms with Crippen LogP contribution < -0.4 is 10.6 Å². The van der Waals surface area contributed by atoms with Crippen LogP contribution >= 0.6 is 0 Å². The summed E-state index contributed by atoms with van der Waals surface area (Å²) in [6, 6.07) is 0. The number of fused-ring (bicyclic) bond motifs is 2. The molecule has 0 saturated heterocycles. The summed E-state index contributed by atoms with van der Waals surface area (Å²) < 4.78 is 13.9. The second kappa shape index (κ2) is 5.99. The zero-order valence-electron chi connectivity index (χ0n) is 12.7. The zero-order valence-corrected chi connectivity index (χ0v) is 12.7. The SMILES string of the molecule is CNC1=C(F)C=C2C=C(C(=O)/C(C)=C/N(C)C)NC(=C1)C2. The van der Waals surface area contributed by atoms with Gasteiger partial charge in [0.05, 0.1) is 11.4 Å². The molecular weight excluding hydrogens is 269 g/mol. The lowest BCUT2D eigenvalue weighted by atomic mass is 10.0. The quantitative estimate of drug-likeness (QED) is 0.778. The Morgan fingerprint density at radius 1 is 1.38 bits per heavy atom. The van der Waals surface area contributed by atoms with Crippen molar-refractivity contribution in [2.45, 2.75) is 13.3 Å². The summed E-state index contributed by atoms with van der Waals surface area (Å²) >= 11 is 0. The lowest BCUT2D eigenvalue weighted by Crippen LogP contribution is -2.25. The van der Waals surface area contributed by atoms with Crippen molar-refractivity contribution in [3.8, 4) is 0 Å². The fourth-order valence-electron chi connectivity index (χ4n) is 2.35. The highest BCUT2D eigenvalue weighted by molar-refractivity contribution is 6.08. The van der Waals surface area contributed by atoms with E-state index in [-0.39, 0.29) is 11.6 Å². The van der Waals surface area contributed by atoms with E-state index in [1.165, 1.54) is 6.08 Å². The largest absolute Gasteiger partial charge is 0.386 e. The van der Waals surface area contributed by atoms with Gasteiger partial charge in [-0.1, -0.05) is 0 Å². The number of rotatable bonds is 4. The van der Waals surface area contributed by atoms with Crippen molar-refractivity contribution in [2.24, 2.45) is 0 Å². The Morgan fingerprint density at radius 2 is 2.10 bits per heavy atom. The second-order valence-electron chi connectivity index (χ2n) is 5.37. The van der Waals surface area contributed by atoms with Crippen molar-refractivity contribution >= 4 is 5.78 Å². The molecule has 2 bridgehead atoms.